The summed E-state index contributed by atoms with van der Waals surface area (Å²) in [7, 11) is -7.84. The zero-order valence-corrected chi connectivity index (χ0v) is 27.9. The first-order valence-corrected chi connectivity index (χ1v) is 18.7. The Hall–Kier alpha value is -1.99. The molecular weight excluding hydrogens is 672 g/mol. The number of rotatable bonds is 11. The van der Waals surface area contributed by atoms with Gasteiger partial charge in [-0.15, -0.1) is 0 Å². The molecule has 1 aliphatic heterocycles. The van der Waals surface area contributed by atoms with Gasteiger partial charge in [0.25, 0.3) is 0 Å². The summed E-state index contributed by atoms with van der Waals surface area (Å²) in [5, 5.41) is 3.92. The van der Waals surface area contributed by atoms with E-state index >= 15 is 0 Å². The Bertz CT molecular complexity index is 1610. The van der Waals surface area contributed by atoms with Crippen molar-refractivity contribution in [3.63, 3.8) is 0 Å². The van der Waals surface area contributed by atoms with Crippen molar-refractivity contribution in [3.05, 3.63) is 87.4 Å². The van der Waals surface area contributed by atoms with Crippen molar-refractivity contribution in [2.45, 2.75) is 67.4 Å². The summed E-state index contributed by atoms with van der Waals surface area (Å²) in [6.07, 6.45) is 5.31. The standard InChI is InChI=1S/C31H38BrClN4O4S2/c32-31-14-9-27(34)19-25(31)22-36(20-24-15-17-35-18-16-24)42(38,39)29-10-12-30(13-11-29)43(40,41)37(28-3-1-2-4-28)21-23-5-7-26(33)8-6-23/h5-14,19,24,28,35H,1-4,15-18,20-22,34H2. The molecule has 1 saturated heterocycles. The third kappa shape index (κ3) is 7.81. The summed E-state index contributed by atoms with van der Waals surface area (Å²) >= 11 is 9.60. The van der Waals surface area contributed by atoms with Crippen LogP contribution in [0.1, 0.15) is 49.7 Å². The van der Waals surface area contributed by atoms with Crippen LogP contribution in [0.15, 0.2) is 81.0 Å². The Morgan fingerprint density at radius 3 is 2.05 bits per heavy atom. The fourth-order valence-corrected chi connectivity index (χ4v) is 9.61. The van der Waals surface area contributed by atoms with Crippen LogP contribution >= 0.6 is 27.5 Å². The average molecular weight is 710 g/mol. The van der Waals surface area contributed by atoms with E-state index in [9.17, 15) is 16.8 Å². The van der Waals surface area contributed by atoms with Gasteiger partial charge in [-0.25, -0.2) is 16.8 Å². The number of hydrogen-bond donors (Lipinski definition) is 2. The minimum absolute atomic E-state index is 0.0607. The summed E-state index contributed by atoms with van der Waals surface area (Å²) in [5.74, 6) is 0.211. The van der Waals surface area contributed by atoms with Crippen LogP contribution in [-0.4, -0.2) is 51.1 Å². The molecule has 3 aromatic rings. The highest BCUT2D eigenvalue weighted by Gasteiger charge is 2.34. The number of hydrogen-bond acceptors (Lipinski definition) is 6. The van der Waals surface area contributed by atoms with E-state index in [0.717, 1.165) is 67.2 Å². The Morgan fingerprint density at radius 2 is 1.42 bits per heavy atom. The van der Waals surface area contributed by atoms with E-state index in [2.05, 4.69) is 21.2 Å². The minimum atomic E-state index is -3.95. The van der Waals surface area contributed by atoms with Gasteiger partial charge in [0.2, 0.25) is 20.0 Å². The van der Waals surface area contributed by atoms with E-state index in [0.29, 0.717) is 17.3 Å². The maximum atomic E-state index is 14.1. The van der Waals surface area contributed by atoms with E-state index in [1.54, 1.807) is 28.6 Å². The molecule has 0 radical (unpaired) electrons. The molecule has 12 heteroatoms. The van der Waals surface area contributed by atoms with Gasteiger partial charge in [0.15, 0.2) is 0 Å². The van der Waals surface area contributed by atoms with Crippen LogP contribution in [0.4, 0.5) is 5.69 Å². The van der Waals surface area contributed by atoms with Gasteiger partial charge < -0.3 is 11.1 Å². The molecule has 0 atom stereocenters. The van der Waals surface area contributed by atoms with Crippen LogP contribution in [0.3, 0.4) is 0 Å². The Kier molecular flexibility index (Phi) is 10.5. The number of nitrogens with zero attached hydrogens (tertiary/aromatic N) is 2. The van der Waals surface area contributed by atoms with Crippen molar-refractivity contribution in [1.82, 2.24) is 13.9 Å². The molecule has 3 N–H and O–H groups in total. The molecule has 43 heavy (non-hydrogen) atoms. The number of piperidine rings is 1. The molecular formula is C31H38BrClN4O4S2. The molecule has 8 nitrogen and oxygen atoms in total. The summed E-state index contributed by atoms with van der Waals surface area (Å²) in [6, 6.07) is 18.1. The largest absolute Gasteiger partial charge is 0.399 e. The first-order valence-electron chi connectivity index (χ1n) is 14.6. The molecule has 1 saturated carbocycles. The van der Waals surface area contributed by atoms with Crippen molar-refractivity contribution in [3.8, 4) is 0 Å². The molecule has 2 fully saturated rings. The molecule has 2 aliphatic rings. The minimum Gasteiger partial charge on any atom is -0.399 e. The highest BCUT2D eigenvalue weighted by molar-refractivity contribution is 9.10. The smallest absolute Gasteiger partial charge is 0.243 e. The topological polar surface area (TPSA) is 113 Å². The van der Waals surface area contributed by atoms with Gasteiger partial charge in [-0.3, -0.25) is 0 Å². The van der Waals surface area contributed by atoms with Gasteiger partial charge in [0.1, 0.15) is 0 Å². The second-order valence-corrected chi connectivity index (χ2v) is 16.5. The summed E-state index contributed by atoms with van der Waals surface area (Å²) in [5.41, 5.74) is 8.20. The number of halogens is 2. The van der Waals surface area contributed by atoms with E-state index in [4.69, 9.17) is 17.3 Å². The van der Waals surface area contributed by atoms with Crippen LogP contribution in [0.5, 0.6) is 0 Å². The van der Waals surface area contributed by atoms with Gasteiger partial charge in [-0.2, -0.15) is 8.61 Å². The first-order chi connectivity index (χ1) is 20.5. The Balaban J connectivity index is 1.43. The van der Waals surface area contributed by atoms with E-state index in [1.165, 1.54) is 28.6 Å². The van der Waals surface area contributed by atoms with Gasteiger partial charge in [0, 0.05) is 40.9 Å². The SMILES string of the molecule is Nc1ccc(Br)c(CN(CC2CCNCC2)S(=O)(=O)c2ccc(S(=O)(=O)N(Cc3ccc(Cl)cc3)C3CCCC3)cc2)c1. The normalized spacial score (nSPS) is 17.2. The number of sulfonamides is 2. The molecule has 3 aromatic carbocycles. The number of nitrogen functional groups attached to an aromatic ring is 1. The third-order valence-electron chi connectivity index (χ3n) is 8.39. The molecule has 1 heterocycles. The summed E-state index contributed by atoms with van der Waals surface area (Å²) < 4.78 is 59.9. The molecule has 0 spiro atoms. The molecule has 232 valence electrons. The number of anilines is 1. The number of benzene rings is 3. The fraction of sp³-hybridized carbons (Fsp3) is 0.419. The van der Waals surface area contributed by atoms with Crippen molar-refractivity contribution < 1.29 is 16.8 Å². The van der Waals surface area contributed by atoms with Crippen LogP contribution < -0.4 is 11.1 Å². The lowest BCUT2D eigenvalue weighted by Gasteiger charge is -2.30. The number of nitrogens with two attached hydrogens (primary N) is 1. The quantitative estimate of drug-likeness (QED) is 0.236. The zero-order valence-electron chi connectivity index (χ0n) is 24.0. The fourth-order valence-electron chi connectivity index (χ4n) is 5.95. The molecule has 0 bridgehead atoms. The molecule has 5 rings (SSSR count). The van der Waals surface area contributed by atoms with Crippen molar-refractivity contribution in [2.75, 3.05) is 25.4 Å². The predicted octanol–water partition coefficient (Wildman–Crippen LogP) is 6.01. The van der Waals surface area contributed by atoms with Crippen molar-refractivity contribution in [1.29, 1.82) is 0 Å². The van der Waals surface area contributed by atoms with Crippen LogP contribution in [-0.2, 0) is 33.1 Å². The molecule has 0 aromatic heterocycles. The molecule has 0 unspecified atom stereocenters. The number of nitrogens with one attached hydrogen (secondary N) is 1. The highest BCUT2D eigenvalue weighted by Crippen LogP contribution is 2.32. The van der Waals surface area contributed by atoms with Crippen LogP contribution in [0, 0.1) is 5.92 Å². The lowest BCUT2D eigenvalue weighted by Crippen LogP contribution is -2.39. The van der Waals surface area contributed by atoms with E-state index in [1.807, 2.05) is 18.2 Å². The summed E-state index contributed by atoms with van der Waals surface area (Å²) in [6.45, 7) is 2.43. The summed E-state index contributed by atoms with van der Waals surface area (Å²) in [4.78, 5) is 0.140. The zero-order chi connectivity index (χ0) is 30.6. The van der Waals surface area contributed by atoms with Crippen LogP contribution in [0.2, 0.25) is 5.02 Å². The van der Waals surface area contributed by atoms with Crippen molar-refractivity contribution in [2.24, 2.45) is 5.92 Å². The van der Waals surface area contributed by atoms with Gasteiger partial charge in [0.05, 0.1) is 9.79 Å². The Labute approximate surface area is 268 Å². The van der Waals surface area contributed by atoms with Gasteiger partial charge in [-0.05, 0) is 110 Å². The van der Waals surface area contributed by atoms with E-state index in [-0.39, 0.29) is 34.8 Å². The second kappa shape index (κ2) is 14.0. The van der Waals surface area contributed by atoms with Crippen molar-refractivity contribution >= 4 is 53.3 Å². The third-order valence-corrected chi connectivity index (χ3v) is 13.2. The van der Waals surface area contributed by atoms with Crippen LogP contribution in [0.25, 0.3) is 0 Å². The molecule has 0 amide bonds. The average Bonchev–Trinajstić information content (AvgIpc) is 3.53. The maximum Gasteiger partial charge on any atom is 0.243 e. The Morgan fingerprint density at radius 1 is 0.814 bits per heavy atom. The van der Waals surface area contributed by atoms with Gasteiger partial charge in [-0.1, -0.05) is 52.5 Å². The monoisotopic (exact) mass is 708 g/mol. The van der Waals surface area contributed by atoms with Gasteiger partial charge >= 0.3 is 0 Å². The second-order valence-electron chi connectivity index (χ2n) is 11.4. The molecule has 1 aliphatic carbocycles. The lowest BCUT2D eigenvalue weighted by atomic mass is 9.98. The highest BCUT2D eigenvalue weighted by atomic mass is 79.9. The van der Waals surface area contributed by atoms with E-state index < -0.39 is 20.0 Å². The predicted molar refractivity (Wildman–Crippen MR) is 175 cm³/mol. The maximum absolute atomic E-state index is 14.1. The lowest BCUT2D eigenvalue weighted by molar-refractivity contribution is 0.284. The first kappa shape index (κ1) is 32.4.